The molecule has 3 fully saturated rings. The summed E-state index contributed by atoms with van der Waals surface area (Å²) in [6, 6.07) is -0.00747. The number of nitrogens with one attached hydrogen (secondary N) is 1. The molecule has 2 N–H and O–H groups in total. The Morgan fingerprint density at radius 1 is 1.12 bits per heavy atom. The standard InChI is InChI=1S/C18H33N3O4S/c1-13-4-3-5-15(14(13)2)19-18(23)10-20-6-8-21(9-7-20)16-11-26(24,25)12-17(16)22/h13-17,22H,3-12H2,1-2H3,(H,19,23)/t13-,14-,15+,16-,17-/m1/s1. The lowest BCUT2D eigenvalue weighted by Crippen LogP contribution is -2.55. The molecule has 1 aliphatic carbocycles. The molecule has 3 aliphatic rings. The molecule has 0 aromatic rings. The summed E-state index contributed by atoms with van der Waals surface area (Å²) in [5.74, 6) is 1.19. The second kappa shape index (κ2) is 8.12. The Labute approximate surface area is 157 Å². The fraction of sp³-hybridized carbons (Fsp3) is 0.944. The number of hydrogen-bond donors (Lipinski definition) is 2. The van der Waals surface area contributed by atoms with Crippen molar-refractivity contribution in [3.8, 4) is 0 Å². The van der Waals surface area contributed by atoms with Crippen molar-refractivity contribution in [1.82, 2.24) is 15.1 Å². The van der Waals surface area contributed by atoms with Crippen LogP contribution in [0.5, 0.6) is 0 Å². The zero-order chi connectivity index (χ0) is 18.9. The van der Waals surface area contributed by atoms with E-state index < -0.39 is 15.9 Å². The maximum absolute atomic E-state index is 12.4. The maximum atomic E-state index is 12.4. The van der Waals surface area contributed by atoms with Gasteiger partial charge < -0.3 is 10.4 Å². The van der Waals surface area contributed by atoms with Crippen molar-refractivity contribution in [2.24, 2.45) is 11.8 Å². The van der Waals surface area contributed by atoms with Gasteiger partial charge >= 0.3 is 0 Å². The summed E-state index contributed by atoms with van der Waals surface area (Å²) in [5.41, 5.74) is 0. The van der Waals surface area contributed by atoms with Crippen LogP contribution < -0.4 is 5.32 Å². The first-order chi connectivity index (χ1) is 12.2. The molecule has 5 atom stereocenters. The number of carbonyl (C=O) groups excluding carboxylic acids is 1. The van der Waals surface area contributed by atoms with Gasteiger partial charge in [-0.3, -0.25) is 14.6 Å². The van der Waals surface area contributed by atoms with Crippen molar-refractivity contribution >= 4 is 15.7 Å². The van der Waals surface area contributed by atoms with E-state index >= 15 is 0 Å². The number of nitrogens with zero attached hydrogens (tertiary/aromatic N) is 2. The summed E-state index contributed by atoms with van der Waals surface area (Å²) in [5, 5.41) is 13.2. The van der Waals surface area contributed by atoms with Crippen LogP contribution in [0.4, 0.5) is 0 Å². The van der Waals surface area contributed by atoms with Gasteiger partial charge in [-0.1, -0.05) is 26.7 Å². The number of rotatable bonds is 4. The molecule has 0 aromatic heterocycles. The van der Waals surface area contributed by atoms with E-state index in [9.17, 15) is 18.3 Å². The molecule has 8 heteroatoms. The lowest BCUT2D eigenvalue weighted by atomic mass is 9.78. The Hall–Kier alpha value is -0.700. The summed E-state index contributed by atoms with van der Waals surface area (Å²) in [6.07, 6.45) is 2.71. The van der Waals surface area contributed by atoms with E-state index in [0.717, 1.165) is 19.5 Å². The molecule has 0 bridgehead atoms. The Balaban J connectivity index is 1.43. The largest absolute Gasteiger partial charge is 0.390 e. The van der Waals surface area contributed by atoms with Crippen molar-refractivity contribution in [3.63, 3.8) is 0 Å². The van der Waals surface area contributed by atoms with Gasteiger partial charge in [-0.05, 0) is 18.3 Å². The van der Waals surface area contributed by atoms with Crippen LogP contribution in [-0.4, -0.2) is 91.6 Å². The van der Waals surface area contributed by atoms with Gasteiger partial charge in [0.1, 0.15) is 0 Å². The van der Waals surface area contributed by atoms with Crippen LogP contribution in [0.1, 0.15) is 33.1 Å². The molecule has 0 spiro atoms. The van der Waals surface area contributed by atoms with Crippen molar-refractivity contribution in [2.45, 2.75) is 51.3 Å². The topological polar surface area (TPSA) is 90.0 Å². The van der Waals surface area contributed by atoms with Gasteiger partial charge in [0.2, 0.25) is 5.91 Å². The fourth-order valence-electron chi connectivity index (χ4n) is 4.65. The summed E-state index contributed by atoms with van der Waals surface area (Å²) in [7, 11) is -3.12. The molecule has 1 saturated carbocycles. The van der Waals surface area contributed by atoms with Gasteiger partial charge in [0.05, 0.1) is 30.2 Å². The highest BCUT2D eigenvalue weighted by Gasteiger charge is 2.40. The van der Waals surface area contributed by atoms with E-state index in [1.807, 2.05) is 0 Å². The Morgan fingerprint density at radius 3 is 2.42 bits per heavy atom. The molecular formula is C18H33N3O4S. The average molecular weight is 388 g/mol. The van der Waals surface area contributed by atoms with Crippen molar-refractivity contribution in [3.05, 3.63) is 0 Å². The van der Waals surface area contributed by atoms with Crippen LogP contribution in [0.3, 0.4) is 0 Å². The molecule has 0 unspecified atom stereocenters. The third-order valence-corrected chi connectivity index (χ3v) is 8.29. The number of amides is 1. The minimum absolute atomic E-state index is 0.0480. The number of aliphatic hydroxyl groups is 1. The SMILES string of the molecule is C[C@@H]1[C@H](C)CCC[C@@H]1NC(=O)CN1CCN([C@@H]2CS(=O)(=O)C[C@H]2O)CC1. The minimum atomic E-state index is -3.12. The molecule has 2 aliphatic heterocycles. The average Bonchev–Trinajstić information content (AvgIpc) is 2.85. The highest BCUT2D eigenvalue weighted by Crippen LogP contribution is 2.29. The summed E-state index contributed by atoms with van der Waals surface area (Å²) in [6.45, 7) is 7.74. The zero-order valence-corrected chi connectivity index (χ0v) is 16.7. The summed E-state index contributed by atoms with van der Waals surface area (Å²) in [4.78, 5) is 16.6. The Morgan fingerprint density at radius 2 is 1.81 bits per heavy atom. The highest BCUT2D eigenvalue weighted by atomic mass is 32.2. The van der Waals surface area contributed by atoms with Crippen molar-refractivity contribution in [1.29, 1.82) is 0 Å². The first-order valence-corrected chi connectivity index (χ1v) is 11.7. The second-order valence-corrected chi connectivity index (χ2v) is 10.6. The maximum Gasteiger partial charge on any atom is 0.234 e. The van der Waals surface area contributed by atoms with Gasteiger partial charge in [-0.15, -0.1) is 0 Å². The van der Waals surface area contributed by atoms with E-state index in [-0.39, 0.29) is 29.5 Å². The predicted octanol–water partition coefficient (Wildman–Crippen LogP) is -0.297. The van der Waals surface area contributed by atoms with Crippen LogP contribution in [-0.2, 0) is 14.6 Å². The third kappa shape index (κ3) is 4.77. The van der Waals surface area contributed by atoms with Gasteiger partial charge in [0.25, 0.3) is 0 Å². The Bertz CT molecular complexity index is 604. The lowest BCUT2D eigenvalue weighted by Gasteiger charge is -2.39. The Kier molecular flexibility index (Phi) is 6.26. The molecule has 2 heterocycles. The normalized spacial score (nSPS) is 39.0. The highest BCUT2D eigenvalue weighted by molar-refractivity contribution is 7.91. The van der Waals surface area contributed by atoms with Gasteiger partial charge in [-0.2, -0.15) is 0 Å². The van der Waals surface area contributed by atoms with Crippen LogP contribution in [0.2, 0.25) is 0 Å². The molecule has 7 nitrogen and oxygen atoms in total. The van der Waals surface area contributed by atoms with Crippen LogP contribution in [0.15, 0.2) is 0 Å². The molecule has 1 amide bonds. The van der Waals surface area contributed by atoms with Gasteiger partial charge in [0.15, 0.2) is 9.84 Å². The fourth-order valence-corrected chi connectivity index (χ4v) is 6.49. The summed E-state index contributed by atoms with van der Waals surface area (Å²) < 4.78 is 23.4. The smallest absolute Gasteiger partial charge is 0.234 e. The number of carbonyl (C=O) groups is 1. The van der Waals surface area contributed by atoms with E-state index in [4.69, 9.17) is 0 Å². The van der Waals surface area contributed by atoms with E-state index in [0.29, 0.717) is 31.5 Å². The van der Waals surface area contributed by atoms with Crippen molar-refractivity contribution < 1.29 is 18.3 Å². The number of sulfone groups is 1. The number of piperazine rings is 1. The third-order valence-electron chi connectivity index (χ3n) is 6.59. The van der Waals surface area contributed by atoms with E-state index in [1.165, 1.54) is 12.8 Å². The number of hydrogen-bond acceptors (Lipinski definition) is 6. The second-order valence-electron chi connectivity index (χ2n) is 8.47. The molecule has 2 saturated heterocycles. The monoisotopic (exact) mass is 387 g/mol. The quantitative estimate of drug-likeness (QED) is 0.689. The summed E-state index contributed by atoms with van der Waals surface area (Å²) >= 11 is 0. The molecule has 3 rings (SSSR count). The first-order valence-electron chi connectivity index (χ1n) is 9.89. The zero-order valence-electron chi connectivity index (χ0n) is 15.9. The molecule has 0 radical (unpaired) electrons. The molecule has 0 aromatic carbocycles. The van der Waals surface area contributed by atoms with Crippen LogP contribution >= 0.6 is 0 Å². The van der Waals surface area contributed by atoms with Gasteiger partial charge in [0, 0.05) is 32.2 Å². The van der Waals surface area contributed by atoms with E-state index in [2.05, 4.69) is 29.0 Å². The van der Waals surface area contributed by atoms with Crippen LogP contribution in [0.25, 0.3) is 0 Å². The minimum Gasteiger partial charge on any atom is -0.390 e. The van der Waals surface area contributed by atoms with Crippen LogP contribution in [0, 0.1) is 11.8 Å². The van der Waals surface area contributed by atoms with Crippen molar-refractivity contribution in [2.75, 3.05) is 44.2 Å². The molecular weight excluding hydrogens is 354 g/mol. The lowest BCUT2D eigenvalue weighted by molar-refractivity contribution is -0.124. The molecule has 150 valence electrons. The van der Waals surface area contributed by atoms with E-state index in [1.54, 1.807) is 0 Å². The molecule has 26 heavy (non-hydrogen) atoms. The number of aliphatic hydroxyl groups excluding tert-OH is 1. The predicted molar refractivity (Wildman–Crippen MR) is 101 cm³/mol. The van der Waals surface area contributed by atoms with Gasteiger partial charge in [-0.25, -0.2) is 8.42 Å². The first kappa shape index (κ1) is 20.0.